The molecule has 0 spiro atoms. The zero-order chi connectivity index (χ0) is 42.8. The van der Waals surface area contributed by atoms with Crippen LogP contribution in [0.5, 0.6) is 0 Å². The highest BCUT2D eigenvalue weighted by atomic mass is 19.1. The number of aromatic nitrogens is 2. The number of ether oxygens (including phenoxy) is 1. The predicted molar refractivity (Wildman–Crippen MR) is 205 cm³/mol. The van der Waals surface area contributed by atoms with Crippen LogP contribution in [0.4, 0.5) is 13.6 Å². The van der Waals surface area contributed by atoms with Gasteiger partial charge < -0.3 is 34.8 Å². The Labute approximate surface area is 334 Å². The molecular formula is C40H49F2N7O9. The van der Waals surface area contributed by atoms with Gasteiger partial charge in [0.1, 0.15) is 42.3 Å². The van der Waals surface area contributed by atoms with Crippen LogP contribution >= 0.6 is 0 Å². The number of hydrogen-bond donors (Lipinski definition) is 4. The van der Waals surface area contributed by atoms with Crippen molar-refractivity contribution in [1.29, 1.82) is 0 Å². The van der Waals surface area contributed by atoms with Gasteiger partial charge in [0.2, 0.25) is 11.8 Å². The fourth-order valence-corrected chi connectivity index (χ4v) is 6.06. The highest BCUT2D eigenvalue weighted by Crippen LogP contribution is 2.39. The number of carbonyl (C=O) groups is 6. The van der Waals surface area contributed by atoms with Gasteiger partial charge in [-0.1, -0.05) is 51.1 Å². The maximum absolute atomic E-state index is 15.1. The van der Waals surface area contributed by atoms with Gasteiger partial charge in [-0.15, -0.1) is 0 Å². The molecule has 58 heavy (non-hydrogen) atoms. The number of nitrogens with zero attached hydrogens (tertiary/aromatic N) is 4. The molecule has 1 aromatic heterocycles. The van der Waals surface area contributed by atoms with Crippen LogP contribution in [0.15, 0.2) is 66.9 Å². The molecule has 16 nitrogen and oxygen atoms in total. The van der Waals surface area contributed by atoms with Crippen LogP contribution in [0.25, 0.3) is 11.3 Å². The number of halogens is 2. The van der Waals surface area contributed by atoms with Gasteiger partial charge >= 0.3 is 12.1 Å². The minimum Gasteiger partial charge on any atom is -0.444 e. The lowest BCUT2D eigenvalue weighted by Crippen LogP contribution is -2.50. The number of carbonyl (C=O) groups excluding carboxylic acids is 6. The van der Waals surface area contributed by atoms with E-state index < -0.39 is 83.6 Å². The first kappa shape index (κ1) is 44.7. The zero-order valence-electron chi connectivity index (χ0n) is 33.2. The van der Waals surface area contributed by atoms with Crippen molar-refractivity contribution in [1.82, 2.24) is 35.5 Å². The molecule has 2 atom stereocenters. The average molecular weight is 810 g/mol. The summed E-state index contributed by atoms with van der Waals surface area (Å²) in [5.41, 5.74) is 1.46. The summed E-state index contributed by atoms with van der Waals surface area (Å²) in [4.78, 5) is 87.7. The third kappa shape index (κ3) is 12.5. The molecule has 2 aromatic carbocycles. The first-order valence-electron chi connectivity index (χ1n) is 18.5. The first-order valence-corrected chi connectivity index (χ1v) is 18.5. The molecule has 4 rings (SSSR count). The van der Waals surface area contributed by atoms with Crippen molar-refractivity contribution < 1.29 is 52.2 Å². The SMILES string of the molecule is CC(C)(C)OC(=O)N[C@@H](CCN(C(=O)CO)[C@@H](c1nc(-c2cc(F)ccc2F)cn1Cc1ccccc1)C(C)(C)C)C(=O)ONCCNC(=O)CN1C(=O)C=CC1=O. The Balaban J connectivity index is 1.59. The second kappa shape index (κ2) is 19.4. The van der Waals surface area contributed by atoms with Crippen LogP contribution in [0.1, 0.15) is 65.4 Å². The molecule has 1 aliphatic heterocycles. The van der Waals surface area contributed by atoms with Crippen molar-refractivity contribution in [2.75, 3.05) is 32.8 Å². The van der Waals surface area contributed by atoms with E-state index in [2.05, 4.69) is 16.1 Å². The molecule has 0 radical (unpaired) electrons. The summed E-state index contributed by atoms with van der Waals surface area (Å²) in [6.45, 7) is 8.68. The summed E-state index contributed by atoms with van der Waals surface area (Å²) < 4.78 is 36.6. The predicted octanol–water partition coefficient (Wildman–Crippen LogP) is 3.16. The number of alkyl carbamates (subject to hydrolysis) is 1. The quantitative estimate of drug-likeness (QED) is 0.0887. The molecule has 0 saturated carbocycles. The van der Waals surface area contributed by atoms with Crippen LogP contribution in [0.3, 0.4) is 0 Å². The summed E-state index contributed by atoms with van der Waals surface area (Å²) in [5.74, 6) is -4.74. The summed E-state index contributed by atoms with van der Waals surface area (Å²) in [6.07, 6.45) is 2.44. The van der Waals surface area contributed by atoms with Gasteiger partial charge in [0.05, 0.1) is 11.7 Å². The highest BCUT2D eigenvalue weighted by Gasteiger charge is 2.39. The largest absolute Gasteiger partial charge is 0.444 e. The number of rotatable bonds is 17. The Bertz CT molecular complexity index is 1990. The van der Waals surface area contributed by atoms with E-state index in [1.807, 2.05) is 51.1 Å². The van der Waals surface area contributed by atoms with Crippen molar-refractivity contribution in [2.24, 2.45) is 5.41 Å². The molecule has 2 heterocycles. The Hall–Kier alpha value is -6.01. The summed E-state index contributed by atoms with van der Waals surface area (Å²) in [6, 6.07) is 9.89. The van der Waals surface area contributed by atoms with E-state index in [9.17, 15) is 38.3 Å². The Morgan fingerprint density at radius 1 is 0.948 bits per heavy atom. The second-order valence-corrected chi connectivity index (χ2v) is 15.5. The highest BCUT2D eigenvalue weighted by molar-refractivity contribution is 6.14. The topological polar surface area (TPSA) is 201 Å². The number of nitrogens with one attached hydrogen (secondary N) is 3. The summed E-state index contributed by atoms with van der Waals surface area (Å²) >= 11 is 0. The minimum absolute atomic E-state index is 0.0803. The summed E-state index contributed by atoms with van der Waals surface area (Å²) in [5, 5.41) is 15.2. The molecule has 1 aliphatic rings. The van der Waals surface area contributed by atoms with E-state index in [0.717, 1.165) is 40.8 Å². The molecule has 0 saturated heterocycles. The molecule has 0 aliphatic carbocycles. The fraction of sp³-hybridized carbons (Fsp3) is 0.425. The molecular weight excluding hydrogens is 760 g/mol. The number of aliphatic hydroxyl groups is 1. The van der Waals surface area contributed by atoms with E-state index in [1.165, 1.54) is 4.90 Å². The minimum atomic E-state index is -1.42. The van der Waals surface area contributed by atoms with Crippen molar-refractivity contribution in [3.63, 3.8) is 0 Å². The van der Waals surface area contributed by atoms with Crippen molar-refractivity contribution in [3.05, 3.63) is 89.9 Å². The van der Waals surface area contributed by atoms with E-state index in [1.54, 1.807) is 31.5 Å². The molecule has 0 bridgehead atoms. The van der Waals surface area contributed by atoms with Crippen LogP contribution in [-0.2, 0) is 40.1 Å². The standard InChI is InChI=1S/C40H49F2N7O9/c1-39(2,3)35(36-45-30(27-20-26(41)12-13-28(27)42)22-47(36)21-25-10-8-7-9-11-25)48(34(54)24-50)19-16-29(46-38(56)57-40(4,5)6)37(55)58-44-18-17-43-31(51)23-49-32(52)14-15-33(49)53/h7-15,20,22,29,35,44,50H,16-19,21,23-24H2,1-6H3,(H,43,51)(H,46,56)/t29-,35-/m0/s1. The smallest absolute Gasteiger partial charge is 0.408 e. The Morgan fingerprint density at radius 3 is 2.24 bits per heavy atom. The van der Waals surface area contributed by atoms with Gasteiger partial charge in [-0.3, -0.25) is 24.1 Å². The van der Waals surface area contributed by atoms with Gasteiger partial charge in [0.15, 0.2) is 0 Å². The number of amides is 5. The molecule has 0 unspecified atom stereocenters. The Kier molecular flexibility index (Phi) is 15.0. The maximum atomic E-state index is 15.1. The van der Waals surface area contributed by atoms with Crippen LogP contribution in [0, 0.1) is 17.0 Å². The lowest BCUT2D eigenvalue weighted by Gasteiger charge is -2.40. The van der Waals surface area contributed by atoms with Gasteiger partial charge in [-0.25, -0.2) is 23.4 Å². The van der Waals surface area contributed by atoms with E-state index >= 15 is 4.39 Å². The fourth-order valence-electron chi connectivity index (χ4n) is 6.06. The van der Waals surface area contributed by atoms with Gasteiger partial charge in [-0.2, -0.15) is 5.48 Å². The number of benzene rings is 2. The van der Waals surface area contributed by atoms with Crippen molar-refractivity contribution >= 4 is 35.7 Å². The average Bonchev–Trinajstić information content (AvgIpc) is 3.69. The van der Waals surface area contributed by atoms with Crippen molar-refractivity contribution in [3.8, 4) is 11.3 Å². The molecule has 5 amide bonds. The first-order chi connectivity index (χ1) is 27.3. The number of aliphatic hydroxyl groups excluding tert-OH is 1. The van der Waals surface area contributed by atoms with Crippen LogP contribution in [-0.4, -0.2) is 105 Å². The summed E-state index contributed by atoms with van der Waals surface area (Å²) in [7, 11) is 0. The lowest BCUT2D eigenvalue weighted by atomic mass is 9.84. The molecule has 3 aromatic rings. The number of hydrogen-bond acceptors (Lipinski definition) is 11. The van der Waals surface area contributed by atoms with Crippen LogP contribution in [0.2, 0.25) is 0 Å². The zero-order valence-corrected chi connectivity index (χ0v) is 33.2. The van der Waals surface area contributed by atoms with Gasteiger partial charge in [0.25, 0.3) is 11.8 Å². The van der Waals surface area contributed by atoms with Gasteiger partial charge in [-0.05, 0) is 56.4 Å². The normalized spacial score (nSPS) is 13.9. The lowest BCUT2D eigenvalue weighted by molar-refractivity contribution is -0.154. The maximum Gasteiger partial charge on any atom is 0.408 e. The number of imide groups is 1. The third-order valence-electron chi connectivity index (χ3n) is 8.60. The second-order valence-electron chi connectivity index (χ2n) is 15.5. The van der Waals surface area contributed by atoms with Gasteiger partial charge in [0, 0.05) is 50.1 Å². The Morgan fingerprint density at radius 2 is 1.62 bits per heavy atom. The molecule has 18 heteroatoms. The molecule has 312 valence electrons. The van der Waals surface area contributed by atoms with Crippen molar-refractivity contribution in [2.45, 2.75) is 72.2 Å². The monoisotopic (exact) mass is 809 g/mol. The molecule has 4 N–H and O–H groups in total. The van der Waals surface area contributed by atoms with E-state index in [-0.39, 0.29) is 49.7 Å². The molecule has 0 fully saturated rings. The third-order valence-corrected chi connectivity index (χ3v) is 8.60. The van der Waals surface area contributed by atoms with Crippen LogP contribution < -0.4 is 16.1 Å². The van der Waals surface area contributed by atoms with E-state index in [4.69, 9.17) is 14.6 Å². The number of imidazole rings is 1. The van der Waals surface area contributed by atoms with E-state index in [0.29, 0.717) is 0 Å². The number of hydroxylamine groups is 1.